The molecule has 2 N–H and O–H groups in total. The number of hydrogen-bond acceptors (Lipinski definition) is 6. The molecule has 1 heterocycles. The lowest BCUT2D eigenvalue weighted by molar-refractivity contribution is -0.140. The van der Waals surface area contributed by atoms with Crippen molar-refractivity contribution in [3.63, 3.8) is 0 Å². The second-order valence-corrected chi connectivity index (χ2v) is 6.66. The fourth-order valence-electron chi connectivity index (χ4n) is 2.55. The molecule has 0 unspecified atom stereocenters. The molecule has 30 heavy (non-hydrogen) atoms. The van der Waals surface area contributed by atoms with Crippen LogP contribution >= 0.6 is 35.3 Å². The summed E-state index contributed by atoms with van der Waals surface area (Å²) in [4.78, 5) is 7.72. The lowest BCUT2D eigenvalue weighted by atomic mass is 10.1. The van der Waals surface area contributed by atoms with Crippen LogP contribution in [0.3, 0.4) is 0 Å². The van der Waals surface area contributed by atoms with Crippen molar-refractivity contribution in [3.05, 3.63) is 33.8 Å². The second kappa shape index (κ2) is 12.0. The van der Waals surface area contributed by atoms with Gasteiger partial charge in [-0.15, -0.1) is 35.3 Å². The minimum atomic E-state index is -4.42. The Morgan fingerprint density at radius 3 is 2.33 bits per heavy atom. The second-order valence-electron chi connectivity index (χ2n) is 5.72. The van der Waals surface area contributed by atoms with Gasteiger partial charge in [-0.2, -0.15) is 13.2 Å². The smallest absolute Gasteiger partial charge is 0.434 e. The van der Waals surface area contributed by atoms with E-state index in [1.54, 1.807) is 20.2 Å². The van der Waals surface area contributed by atoms with E-state index in [2.05, 4.69) is 20.6 Å². The van der Waals surface area contributed by atoms with Crippen LogP contribution in [-0.2, 0) is 19.1 Å². The van der Waals surface area contributed by atoms with E-state index >= 15 is 0 Å². The number of aliphatic imine (C=N–C) groups is 1. The standard InChI is InChI=1S/C18H23F3N4O3S.HI/c1-22-17(23-8-7-14-25-13(10-29-14)18(19,20)21)24-9-11-5-6-12(26-2)16(28-4)15(11)27-3;/h5-6,10H,7-9H2,1-4H3,(H2,22,23,24);1H. The number of halogens is 4. The molecule has 0 atom stereocenters. The van der Waals surface area contributed by atoms with Gasteiger partial charge in [-0.1, -0.05) is 0 Å². The van der Waals surface area contributed by atoms with Gasteiger partial charge in [-0.25, -0.2) is 4.98 Å². The Kier molecular flexibility index (Phi) is 10.5. The zero-order valence-electron chi connectivity index (χ0n) is 16.9. The van der Waals surface area contributed by atoms with Crippen molar-refractivity contribution in [2.24, 2.45) is 4.99 Å². The van der Waals surface area contributed by atoms with E-state index in [-0.39, 0.29) is 24.0 Å². The van der Waals surface area contributed by atoms with Gasteiger partial charge >= 0.3 is 6.18 Å². The highest BCUT2D eigenvalue weighted by Gasteiger charge is 2.33. The summed E-state index contributed by atoms with van der Waals surface area (Å²) in [5, 5.41) is 7.61. The number of nitrogens with zero attached hydrogens (tertiary/aromatic N) is 2. The Morgan fingerprint density at radius 1 is 1.10 bits per heavy atom. The maximum Gasteiger partial charge on any atom is 0.434 e. The molecule has 168 valence electrons. The van der Waals surface area contributed by atoms with Crippen LogP contribution in [0.15, 0.2) is 22.5 Å². The van der Waals surface area contributed by atoms with Crippen LogP contribution in [0.2, 0.25) is 0 Å². The van der Waals surface area contributed by atoms with Gasteiger partial charge in [-0.05, 0) is 12.1 Å². The topological polar surface area (TPSA) is 77.0 Å². The number of thiazole rings is 1. The maximum atomic E-state index is 12.6. The number of aromatic nitrogens is 1. The summed E-state index contributed by atoms with van der Waals surface area (Å²) in [7, 11) is 6.21. The molecule has 0 bridgehead atoms. The minimum Gasteiger partial charge on any atom is -0.493 e. The van der Waals surface area contributed by atoms with E-state index < -0.39 is 11.9 Å². The lowest BCUT2D eigenvalue weighted by Crippen LogP contribution is -2.37. The normalized spacial score (nSPS) is 11.5. The van der Waals surface area contributed by atoms with Crippen LogP contribution in [0, 0.1) is 0 Å². The van der Waals surface area contributed by atoms with Gasteiger partial charge in [0.05, 0.1) is 26.3 Å². The molecule has 0 aliphatic rings. The van der Waals surface area contributed by atoms with Crippen LogP contribution < -0.4 is 24.8 Å². The maximum absolute atomic E-state index is 12.6. The number of guanidine groups is 1. The number of alkyl halides is 3. The van der Waals surface area contributed by atoms with Gasteiger partial charge in [0, 0.05) is 37.5 Å². The highest BCUT2D eigenvalue weighted by atomic mass is 127. The van der Waals surface area contributed by atoms with Crippen LogP contribution in [0.25, 0.3) is 0 Å². The highest BCUT2D eigenvalue weighted by molar-refractivity contribution is 14.0. The van der Waals surface area contributed by atoms with E-state index in [4.69, 9.17) is 14.2 Å². The molecule has 0 spiro atoms. The van der Waals surface area contributed by atoms with Crippen molar-refractivity contribution < 1.29 is 27.4 Å². The molecule has 0 amide bonds. The Hall–Kier alpha value is -1.96. The first-order chi connectivity index (χ1) is 13.8. The molecular weight excluding hydrogens is 536 g/mol. The first kappa shape index (κ1) is 26.1. The summed E-state index contributed by atoms with van der Waals surface area (Å²) in [6.07, 6.45) is -4.07. The summed E-state index contributed by atoms with van der Waals surface area (Å²) < 4.78 is 53.9. The first-order valence-corrected chi connectivity index (χ1v) is 9.46. The molecule has 1 aromatic heterocycles. The largest absolute Gasteiger partial charge is 0.493 e. The van der Waals surface area contributed by atoms with E-state index in [1.165, 1.54) is 14.2 Å². The SMILES string of the molecule is CN=C(NCCc1nc(C(F)(F)F)cs1)NCc1ccc(OC)c(OC)c1OC.I. The van der Waals surface area contributed by atoms with Crippen LogP contribution in [0.1, 0.15) is 16.3 Å². The Balaban J connectivity index is 0.00000450. The van der Waals surface area contributed by atoms with Crippen molar-refractivity contribution in [1.82, 2.24) is 15.6 Å². The van der Waals surface area contributed by atoms with E-state index in [0.29, 0.717) is 47.7 Å². The fraction of sp³-hybridized carbons (Fsp3) is 0.444. The molecule has 0 radical (unpaired) electrons. The molecule has 1 aromatic carbocycles. The van der Waals surface area contributed by atoms with Gasteiger partial charge < -0.3 is 24.8 Å². The molecule has 0 saturated heterocycles. The fourth-order valence-corrected chi connectivity index (χ4v) is 3.35. The van der Waals surface area contributed by atoms with Gasteiger partial charge in [0.1, 0.15) is 0 Å². The number of hydrogen-bond donors (Lipinski definition) is 2. The summed E-state index contributed by atoms with van der Waals surface area (Å²) in [6.45, 7) is 0.770. The number of benzene rings is 1. The van der Waals surface area contributed by atoms with Gasteiger partial charge in [-0.3, -0.25) is 4.99 Å². The number of methoxy groups -OCH3 is 3. The monoisotopic (exact) mass is 560 g/mol. The Labute approximate surface area is 194 Å². The number of ether oxygens (including phenoxy) is 3. The van der Waals surface area contributed by atoms with E-state index in [1.807, 2.05) is 6.07 Å². The predicted molar refractivity (Wildman–Crippen MR) is 121 cm³/mol. The number of rotatable bonds is 8. The van der Waals surface area contributed by atoms with Crippen molar-refractivity contribution in [1.29, 1.82) is 0 Å². The average molecular weight is 560 g/mol. The van der Waals surface area contributed by atoms with E-state index in [9.17, 15) is 13.2 Å². The molecule has 2 aromatic rings. The van der Waals surface area contributed by atoms with Crippen molar-refractivity contribution in [2.45, 2.75) is 19.1 Å². The third-order valence-electron chi connectivity index (χ3n) is 3.93. The van der Waals surface area contributed by atoms with Crippen LogP contribution in [0.4, 0.5) is 13.2 Å². The third-order valence-corrected chi connectivity index (χ3v) is 4.84. The minimum absolute atomic E-state index is 0. The molecule has 0 saturated carbocycles. The van der Waals surface area contributed by atoms with Crippen LogP contribution in [0.5, 0.6) is 17.2 Å². The van der Waals surface area contributed by atoms with Gasteiger partial charge in [0.15, 0.2) is 23.2 Å². The highest BCUT2D eigenvalue weighted by Crippen LogP contribution is 2.39. The van der Waals surface area contributed by atoms with Crippen molar-refractivity contribution >= 4 is 41.3 Å². The lowest BCUT2D eigenvalue weighted by Gasteiger charge is -2.17. The molecule has 0 fully saturated rings. The zero-order chi connectivity index (χ0) is 21.4. The molecule has 2 rings (SSSR count). The molecular formula is C18H24F3IN4O3S. The Morgan fingerprint density at radius 2 is 1.80 bits per heavy atom. The van der Waals surface area contributed by atoms with Crippen molar-refractivity contribution in [3.8, 4) is 17.2 Å². The zero-order valence-corrected chi connectivity index (χ0v) is 20.1. The summed E-state index contributed by atoms with van der Waals surface area (Å²) in [5.74, 6) is 2.07. The average Bonchev–Trinajstić information content (AvgIpc) is 3.19. The quantitative estimate of drug-likeness (QED) is 0.292. The summed E-state index contributed by atoms with van der Waals surface area (Å²) >= 11 is 0.985. The van der Waals surface area contributed by atoms with Crippen molar-refractivity contribution in [2.75, 3.05) is 34.9 Å². The first-order valence-electron chi connectivity index (χ1n) is 8.58. The molecule has 12 heteroatoms. The summed E-state index contributed by atoms with van der Waals surface area (Å²) in [5.41, 5.74) is -0.0385. The third kappa shape index (κ3) is 6.79. The predicted octanol–water partition coefficient (Wildman–Crippen LogP) is 3.71. The van der Waals surface area contributed by atoms with Gasteiger partial charge in [0.2, 0.25) is 5.75 Å². The molecule has 0 aliphatic carbocycles. The van der Waals surface area contributed by atoms with E-state index in [0.717, 1.165) is 22.3 Å². The number of nitrogens with one attached hydrogen (secondary N) is 2. The van der Waals surface area contributed by atoms with Gasteiger partial charge in [0.25, 0.3) is 0 Å². The molecule has 0 aliphatic heterocycles. The van der Waals surface area contributed by atoms with Crippen LogP contribution in [-0.4, -0.2) is 45.9 Å². The Bertz CT molecular complexity index is 847. The molecule has 7 nitrogen and oxygen atoms in total. The summed E-state index contributed by atoms with van der Waals surface area (Å²) in [6, 6.07) is 3.62.